The molecule has 0 aliphatic heterocycles. The Balaban J connectivity index is 2.10. The van der Waals surface area contributed by atoms with Gasteiger partial charge in [0.1, 0.15) is 0 Å². The van der Waals surface area contributed by atoms with Crippen LogP contribution in [0.4, 0.5) is 0 Å². The Morgan fingerprint density at radius 2 is 2.12 bits per heavy atom. The topological polar surface area (TPSA) is 46.2 Å². The fourth-order valence-electron chi connectivity index (χ4n) is 3.67. The maximum atomic E-state index is 11.0. The standard InChI is InChI=1S/C15H21NO/c1-14(17,12-6-7-12)15(10-16)9-8-11-4-2-3-5-13(11)15/h2-5,12,17H,6-10,16H2,1H3. The predicted octanol–water partition coefficient (Wildman–Crippen LogP) is 1.99. The summed E-state index contributed by atoms with van der Waals surface area (Å²) < 4.78 is 0. The van der Waals surface area contributed by atoms with Crippen molar-refractivity contribution in [3.63, 3.8) is 0 Å². The highest BCUT2D eigenvalue weighted by Crippen LogP contribution is 2.54. The summed E-state index contributed by atoms with van der Waals surface area (Å²) in [5.74, 6) is 0.442. The van der Waals surface area contributed by atoms with Gasteiger partial charge in [0, 0.05) is 12.0 Å². The van der Waals surface area contributed by atoms with E-state index in [4.69, 9.17) is 5.73 Å². The minimum Gasteiger partial charge on any atom is -0.389 e. The van der Waals surface area contributed by atoms with Gasteiger partial charge in [-0.25, -0.2) is 0 Å². The van der Waals surface area contributed by atoms with E-state index in [1.165, 1.54) is 11.1 Å². The Morgan fingerprint density at radius 3 is 2.76 bits per heavy atom. The molecule has 0 saturated heterocycles. The van der Waals surface area contributed by atoms with Gasteiger partial charge >= 0.3 is 0 Å². The first kappa shape index (κ1) is 11.2. The van der Waals surface area contributed by atoms with Crippen molar-refractivity contribution in [2.24, 2.45) is 11.7 Å². The number of benzene rings is 1. The number of rotatable bonds is 3. The Bertz CT molecular complexity index is 436. The van der Waals surface area contributed by atoms with Crippen molar-refractivity contribution in [3.8, 4) is 0 Å². The van der Waals surface area contributed by atoms with Crippen LogP contribution in [0, 0.1) is 5.92 Å². The highest BCUT2D eigenvalue weighted by molar-refractivity contribution is 5.43. The molecule has 0 amide bonds. The third-order valence-corrected chi connectivity index (χ3v) is 5.04. The Morgan fingerprint density at radius 1 is 1.41 bits per heavy atom. The summed E-state index contributed by atoms with van der Waals surface area (Å²) in [5.41, 5.74) is 7.88. The molecule has 0 radical (unpaired) electrons. The average molecular weight is 231 g/mol. The van der Waals surface area contributed by atoms with Gasteiger partial charge in [-0.2, -0.15) is 0 Å². The molecule has 1 fully saturated rings. The molecule has 1 aromatic rings. The normalized spacial score (nSPS) is 31.0. The average Bonchev–Trinajstić information content (AvgIpc) is 3.11. The lowest BCUT2D eigenvalue weighted by molar-refractivity contribution is -0.0403. The smallest absolute Gasteiger partial charge is 0.0756 e. The lowest BCUT2D eigenvalue weighted by Crippen LogP contribution is -2.54. The highest BCUT2D eigenvalue weighted by atomic mass is 16.3. The zero-order valence-corrected chi connectivity index (χ0v) is 10.4. The first-order chi connectivity index (χ1) is 8.12. The van der Waals surface area contributed by atoms with Crippen molar-refractivity contribution < 1.29 is 5.11 Å². The van der Waals surface area contributed by atoms with Crippen LogP contribution < -0.4 is 5.73 Å². The van der Waals surface area contributed by atoms with E-state index in [0.717, 1.165) is 25.7 Å². The SMILES string of the molecule is CC(O)(C1CC1)C1(CN)CCc2ccccc21. The van der Waals surface area contributed by atoms with E-state index in [2.05, 4.69) is 24.3 Å². The van der Waals surface area contributed by atoms with E-state index in [1.807, 2.05) is 6.92 Å². The molecule has 2 atom stereocenters. The van der Waals surface area contributed by atoms with Gasteiger partial charge in [-0.05, 0) is 49.7 Å². The third kappa shape index (κ3) is 1.40. The van der Waals surface area contributed by atoms with Crippen molar-refractivity contribution in [2.45, 2.75) is 43.6 Å². The molecule has 2 heteroatoms. The maximum absolute atomic E-state index is 11.0. The van der Waals surface area contributed by atoms with E-state index < -0.39 is 5.60 Å². The summed E-state index contributed by atoms with van der Waals surface area (Å²) in [6, 6.07) is 8.48. The van der Waals surface area contributed by atoms with Gasteiger partial charge in [-0.3, -0.25) is 0 Å². The minimum atomic E-state index is -0.644. The molecule has 92 valence electrons. The molecule has 0 aromatic heterocycles. The molecule has 3 rings (SSSR count). The minimum absolute atomic E-state index is 0.218. The molecule has 0 bridgehead atoms. The van der Waals surface area contributed by atoms with Crippen LogP contribution in [-0.4, -0.2) is 17.3 Å². The van der Waals surface area contributed by atoms with Crippen molar-refractivity contribution in [1.82, 2.24) is 0 Å². The summed E-state index contributed by atoms with van der Waals surface area (Å²) in [5, 5.41) is 11.0. The monoisotopic (exact) mass is 231 g/mol. The molecule has 2 unspecified atom stereocenters. The zero-order valence-electron chi connectivity index (χ0n) is 10.4. The van der Waals surface area contributed by atoms with Gasteiger partial charge < -0.3 is 10.8 Å². The first-order valence-corrected chi connectivity index (χ1v) is 6.63. The maximum Gasteiger partial charge on any atom is 0.0756 e. The summed E-state index contributed by atoms with van der Waals surface area (Å²) in [4.78, 5) is 0. The summed E-state index contributed by atoms with van der Waals surface area (Å²) in [6.07, 6.45) is 4.34. The molecular weight excluding hydrogens is 210 g/mol. The summed E-state index contributed by atoms with van der Waals surface area (Å²) in [7, 11) is 0. The Kier molecular flexibility index (Phi) is 2.36. The largest absolute Gasteiger partial charge is 0.389 e. The third-order valence-electron chi connectivity index (χ3n) is 5.04. The molecule has 2 nitrogen and oxygen atoms in total. The molecule has 3 N–H and O–H groups in total. The van der Waals surface area contributed by atoms with Gasteiger partial charge in [0.05, 0.1) is 5.60 Å². The van der Waals surface area contributed by atoms with Crippen LogP contribution in [0.1, 0.15) is 37.3 Å². The van der Waals surface area contributed by atoms with Crippen LogP contribution in [0.15, 0.2) is 24.3 Å². The van der Waals surface area contributed by atoms with E-state index in [9.17, 15) is 5.11 Å². The van der Waals surface area contributed by atoms with Gasteiger partial charge in [0.15, 0.2) is 0 Å². The second-order valence-electron chi connectivity index (χ2n) is 5.87. The lowest BCUT2D eigenvalue weighted by atomic mass is 9.66. The van der Waals surface area contributed by atoms with Crippen molar-refractivity contribution in [1.29, 1.82) is 0 Å². The van der Waals surface area contributed by atoms with Crippen LogP contribution in [0.3, 0.4) is 0 Å². The highest BCUT2D eigenvalue weighted by Gasteiger charge is 2.57. The second-order valence-corrected chi connectivity index (χ2v) is 5.87. The fourth-order valence-corrected chi connectivity index (χ4v) is 3.67. The van der Waals surface area contributed by atoms with Crippen LogP contribution in [0.25, 0.3) is 0 Å². The predicted molar refractivity (Wildman–Crippen MR) is 68.8 cm³/mol. The van der Waals surface area contributed by atoms with Gasteiger partial charge in [-0.1, -0.05) is 24.3 Å². The first-order valence-electron chi connectivity index (χ1n) is 6.63. The van der Waals surface area contributed by atoms with Crippen LogP contribution in [0.5, 0.6) is 0 Å². The quantitative estimate of drug-likeness (QED) is 0.835. The molecule has 1 saturated carbocycles. The van der Waals surface area contributed by atoms with Gasteiger partial charge in [-0.15, -0.1) is 0 Å². The number of fused-ring (bicyclic) bond motifs is 1. The Hall–Kier alpha value is -0.860. The van der Waals surface area contributed by atoms with Crippen LogP contribution in [-0.2, 0) is 11.8 Å². The molecule has 2 aliphatic rings. The molecule has 0 heterocycles. The summed E-state index contributed by atoms with van der Waals surface area (Å²) >= 11 is 0. The number of hydrogen-bond donors (Lipinski definition) is 2. The number of nitrogens with two attached hydrogens (primary N) is 1. The zero-order chi connectivity index (χ0) is 12.1. The van der Waals surface area contributed by atoms with Crippen LogP contribution >= 0.6 is 0 Å². The molecular formula is C15H21NO. The van der Waals surface area contributed by atoms with Gasteiger partial charge in [0.25, 0.3) is 0 Å². The molecule has 17 heavy (non-hydrogen) atoms. The molecule has 2 aliphatic carbocycles. The molecule has 0 spiro atoms. The number of aryl methyl sites for hydroxylation is 1. The van der Waals surface area contributed by atoms with Crippen molar-refractivity contribution in [2.75, 3.05) is 6.54 Å². The van der Waals surface area contributed by atoms with Crippen molar-refractivity contribution >= 4 is 0 Å². The number of hydrogen-bond acceptors (Lipinski definition) is 2. The van der Waals surface area contributed by atoms with E-state index in [-0.39, 0.29) is 5.41 Å². The van der Waals surface area contributed by atoms with E-state index in [1.54, 1.807) is 0 Å². The second kappa shape index (κ2) is 3.56. The molecule has 1 aromatic carbocycles. The lowest BCUT2D eigenvalue weighted by Gasteiger charge is -2.43. The van der Waals surface area contributed by atoms with E-state index in [0.29, 0.717) is 12.5 Å². The van der Waals surface area contributed by atoms with Crippen LogP contribution in [0.2, 0.25) is 0 Å². The fraction of sp³-hybridized carbons (Fsp3) is 0.600. The van der Waals surface area contributed by atoms with E-state index >= 15 is 0 Å². The number of aliphatic hydroxyl groups is 1. The van der Waals surface area contributed by atoms with Gasteiger partial charge in [0.2, 0.25) is 0 Å². The van der Waals surface area contributed by atoms with Crippen molar-refractivity contribution in [3.05, 3.63) is 35.4 Å². The summed E-state index contributed by atoms with van der Waals surface area (Å²) in [6.45, 7) is 2.55. The Labute approximate surface area is 103 Å².